The predicted molar refractivity (Wildman–Crippen MR) is 78.1 cm³/mol. The second-order valence-corrected chi connectivity index (χ2v) is 6.60. The van der Waals surface area contributed by atoms with E-state index in [2.05, 4.69) is 44.9 Å². The fourth-order valence-electron chi connectivity index (χ4n) is 1.21. The molecule has 0 bridgehead atoms. The van der Waals surface area contributed by atoms with Crippen molar-refractivity contribution in [1.29, 1.82) is 0 Å². The number of hydrogen-bond donors (Lipinski definition) is 1. The van der Waals surface area contributed by atoms with Gasteiger partial charge in [-0.05, 0) is 33.1 Å². The van der Waals surface area contributed by atoms with Crippen molar-refractivity contribution in [2.24, 2.45) is 10.8 Å². The van der Waals surface area contributed by atoms with Crippen LogP contribution in [0.15, 0.2) is 11.8 Å². The van der Waals surface area contributed by atoms with Crippen LogP contribution >= 0.6 is 0 Å². The molecule has 0 radical (unpaired) electrons. The molecular formula is C16H27NO. The molecule has 102 valence electrons. The predicted octanol–water partition coefficient (Wildman–Crippen LogP) is 3.53. The van der Waals surface area contributed by atoms with Crippen LogP contribution < -0.4 is 5.32 Å². The highest BCUT2D eigenvalue weighted by Crippen LogP contribution is 2.22. The Kier molecular flexibility index (Phi) is 6.18. The molecule has 0 aromatic heterocycles. The highest BCUT2D eigenvalue weighted by Gasteiger charge is 2.17. The smallest absolute Gasteiger partial charge is 0.230 e. The van der Waals surface area contributed by atoms with E-state index in [9.17, 15) is 4.79 Å². The van der Waals surface area contributed by atoms with Crippen LogP contribution in [-0.2, 0) is 4.79 Å². The Hall–Kier alpha value is -1.23. The van der Waals surface area contributed by atoms with Gasteiger partial charge in [-0.1, -0.05) is 33.6 Å². The van der Waals surface area contributed by atoms with E-state index in [1.807, 2.05) is 20.8 Å². The second-order valence-electron chi connectivity index (χ2n) is 6.60. The Morgan fingerprint density at radius 2 is 1.72 bits per heavy atom. The van der Waals surface area contributed by atoms with Gasteiger partial charge in [-0.15, -0.1) is 0 Å². The van der Waals surface area contributed by atoms with Gasteiger partial charge in [-0.2, -0.15) is 0 Å². The van der Waals surface area contributed by atoms with Gasteiger partial charge in [0.25, 0.3) is 0 Å². The average molecular weight is 249 g/mol. The number of carbonyl (C=O) groups is 1. The third-order valence-electron chi connectivity index (χ3n) is 2.21. The van der Waals surface area contributed by atoms with E-state index in [-0.39, 0.29) is 16.6 Å². The minimum absolute atomic E-state index is 0.0613. The third kappa shape index (κ3) is 7.95. The zero-order valence-electron chi connectivity index (χ0n) is 12.9. The second kappa shape index (κ2) is 6.64. The lowest BCUT2D eigenvalue weighted by Crippen LogP contribution is -2.26. The topological polar surface area (TPSA) is 29.1 Å². The molecule has 0 fully saturated rings. The Balaban J connectivity index is 4.94. The molecular weight excluding hydrogens is 222 g/mol. The molecule has 0 saturated carbocycles. The Morgan fingerprint density at radius 1 is 1.17 bits per heavy atom. The Labute approximate surface area is 112 Å². The minimum Gasteiger partial charge on any atom is -0.388 e. The van der Waals surface area contributed by atoms with Gasteiger partial charge in [0.2, 0.25) is 5.78 Å². The third-order valence-corrected chi connectivity index (χ3v) is 2.21. The van der Waals surface area contributed by atoms with E-state index >= 15 is 0 Å². The molecule has 18 heavy (non-hydrogen) atoms. The summed E-state index contributed by atoms with van der Waals surface area (Å²) in [5.41, 5.74) is 0.758. The Morgan fingerprint density at radius 3 is 2.11 bits per heavy atom. The highest BCUT2D eigenvalue weighted by molar-refractivity contribution is 6.04. The monoisotopic (exact) mass is 249 g/mol. The summed E-state index contributed by atoms with van der Waals surface area (Å²) in [6.45, 7) is 15.2. The fraction of sp³-hybridized carbons (Fsp3) is 0.688. The summed E-state index contributed by atoms with van der Waals surface area (Å²) in [6, 6.07) is 0. The maximum atomic E-state index is 11.8. The van der Waals surface area contributed by atoms with Gasteiger partial charge >= 0.3 is 0 Å². The number of ketones is 1. The van der Waals surface area contributed by atoms with E-state index in [1.54, 1.807) is 6.08 Å². The quantitative estimate of drug-likeness (QED) is 0.469. The average Bonchev–Trinajstić information content (AvgIpc) is 2.18. The van der Waals surface area contributed by atoms with Gasteiger partial charge < -0.3 is 5.32 Å². The van der Waals surface area contributed by atoms with Crippen molar-refractivity contribution in [3.05, 3.63) is 11.8 Å². The van der Waals surface area contributed by atoms with Crippen LogP contribution in [0.1, 0.15) is 54.9 Å². The van der Waals surface area contributed by atoms with Crippen molar-refractivity contribution >= 4 is 5.78 Å². The van der Waals surface area contributed by atoms with Crippen LogP contribution in [0.25, 0.3) is 0 Å². The summed E-state index contributed by atoms with van der Waals surface area (Å²) in [6.07, 6.45) is 2.67. The number of carbonyl (C=O) groups excluding carboxylic acids is 1. The first-order chi connectivity index (χ1) is 8.06. The lowest BCUT2D eigenvalue weighted by molar-refractivity contribution is -0.109. The van der Waals surface area contributed by atoms with E-state index in [1.165, 1.54) is 0 Å². The number of hydrogen-bond acceptors (Lipinski definition) is 2. The summed E-state index contributed by atoms with van der Waals surface area (Å²) in [7, 11) is 0. The fourth-order valence-corrected chi connectivity index (χ4v) is 1.21. The van der Waals surface area contributed by atoms with Crippen LogP contribution in [-0.4, -0.2) is 12.3 Å². The maximum Gasteiger partial charge on any atom is 0.230 e. The lowest BCUT2D eigenvalue weighted by Gasteiger charge is -2.24. The minimum atomic E-state index is -0.137. The van der Waals surface area contributed by atoms with Gasteiger partial charge in [0, 0.05) is 29.1 Å². The first-order valence-electron chi connectivity index (χ1n) is 6.59. The zero-order valence-corrected chi connectivity index (χ0v) is 12.9. The van der Waals surface area contributed by atoms with Crippen LogP contribution in [0.3, 0.4) is 0 Å². The molecule has 0 aliphatic heterocycles. The van der Waals surface area contributed by atoms with Crippen molar-refractivity contribution in [3.63, 3.8) is 0 Å². The largest absolute Gasteiger partial charge is 0.388 e. The molecule has 0 heterocycles. The van der Waals surface area contributed by atoms with Gasteiger partial charge in [0.15, 0.2) is 0 Å². The number of rotatable bonds is 4. The standard InChI is InChI=1S/C16H27NO/c1-8-11-17-14(16(5,6)7)12-13(18)9-10-15(2,3)4/h12,17H,8,11H2,1-7H3/b14-12-. The molecule has 0 aromatic rings. The Bertz CT molecular complexity index is 367. The van der Waals surface area contributed by atoms with Crippen molar-refractivity contribution in [2.45, 2.75) is 54.9 Å². The normalized spacial score (nSPS) is 12.7. The highest BCUT2D eigenvalue weighted by atomic mass is 16.1. The van der Waals surface area contributed by atoms with Crippen molar-refractivity contribution in [3.8, 4) is 11.8 Å². The summed E-state index contributed by atoms with van der Waals surface area (Å²) in [5.74, 6) is 5.53. The van der Waals surface area contributed by atoms with Crippen LogP contribution in [0.5, 0.6) is 0 Å². The van der Waals surface area contributed by atoms with E-state index in [4.69, 9.17) is 0 Å². The first kappa shape index (κ1) is 16.8. The van der Waals surface area contributed by atoms with Crippen molar-refractivity contribution < 1.29 is 4.79 Å². The number of allylic oxidation sites excluding steroid dienone is 2. The van der Waals surface area contributed by atoms with Gasteiger partial charge in [-0.25, -0.2) is 0 Å². The molecule has 0 unspecified atom stereocenters. The molecule has 0 amide bonds. The van der Waals surface area contributed by atoms with Crippen molar-refractivity contribution in [1.82, 2.24) is 5.32 Å². The molecule has 0 saturated heterocycles. The molecule has 2 heteroatoms. The van der Waals surface area contributed by atoms with E-state index < -0.39 is 0 Å². The van der Waals surface area contributed by atoms with Crippen LogP contribution in [0, 0.1) is 22.7 Å². The molecule has 0 atom stereocenters. The van der Waals surface area contributed by atoms with E-state index in [0.717, 1.165) is 18.7 Å². The molecule has 0 rings (SSSR count). The van der Waals surface area contributed by atoms with Gasteiger partial charge in [-0.3, -0.25) is 4.79 Å². The van der Waals surface area contributed by atoms with Crippen LogP contribution in [0.2, 0.25) is 0 Å². The molecule has 0 spiro atoms. The van der Waals surface area contributed by atoms with Gasteiger partial charge in [0.05, 0.1) is 0 Å². The summed E-state index contributed by atoms with van der Waals surface area (Å²) >= 11 is 0. The zero-order chi connectivity index (χ0) is 14.4. The first-order valence-corrected chi connectivity index (χ1v) is 6.59. The van der Waals surface area contributed by atoms with Gasteiger partial charge in [0.1, 0.15) is 0 Å². The summed E-state index contributed by atoms with van der Waals surface area (Å²) in [5, 5.41) is 3.31. The SMILES string of the molecule is CCCN/C(=C\C(=O)C#CC(C)(C)C)C(C)(C)C. The van der Waals surface area contributed by atoms with Crippen LogP contribution in [0.4, 0.5) is 0 Å². The molecule has 0 aliphatic rings. The van der Waals surface area contributed by atoms with E-state index in [0.29, 0.717) is 0 Å². The van der Waals surface area contributed by atoms with Crippen molar-refractivity contribution in [2.75, 3.05) is 6.54 Å². The summed E-state index contributed by atoms with van der Waals surface area (Å²) in [4.78, 5) is 11.8. The maximum absolute atomic E-state index is 11.8. The molecule has 2 nitrogen and oxygen atoms in total. The molecule has 0 aromatic carbocycles. The molecule has 1 N–H and O–H groups in total. The molecule has 0 aliphatic carbocycles. The lowest BCUT2D eigenvalue weighted by atomic mass is 9.90. The summed E-state index contributed by atoms with van der Waals surface area (Å²) < 4.78 is 0. The number of nitrogens with one attached hydrogen (secondary N) is 1.